The van der Waals surface area contributed by atoms with E-state index in [4.69, 9.17) is 5.73 Å². The third kappa shape index (κ3) is 7.31. The number of rotatable bonds is 9. The van der Waals surface area contributed by atoms with Crippen molar-refractivity contribution < 1.29 is 9.59 Å². The summed E-state index contributed by atoms with van der Waals surface area (Å²) in [5.74, 6) is 0.688. The Hall–Kier alpha value is -2.15. The van der Waals surface area contributed by atoms with E-state index < -0.39 is 6.04 Å². The minimum atomic E-state index is -0.518. The molecule has 0 unspecified atom stereocenters. The highest BCUT2D eigenvalue weighted by Gasteiger charge is 2.29. The van der Waals surface area contributed by atoms with Crippen molar-refractivity contribution in [1.82, 2.24) is 20.5 Å². The number of anilines is 1. The van der Waals surface area contributed by atoms with Crippen molar-refractivity contribution in [2.24, 2.45) is 5.92 Å². The third-order valence-corrected chi connectivity index (χ3v) is 6.05. The predicted molar refractivity (Wildman–Crippen MR) is 116 cm³/mol. The average molecular weight is 404 g/mol. The molecule has 0 aliphatic heterocycles. The Balaban J connectivity index is 2.01. The Morgan fingerprint density at radius 2 is 1.86 bits per heavy atom. The van der Waals surface area contributed by atoms with Crippen LogP contribution in [0.4, 0.5) is 5.82 Å². The second-order valence-corrected chi connectivity index (χ2v) is 8.55. The number of nitrogens with one attached hydrogen (secondary N) is 2. The zero-order valence-electron chi connectivity index (χ0n) is 18.3. The summed E-state index contributed by atoms with van der Waals surface area (Å²) >= 11 is 0. The Kier molecular flexibility index (Phi) is 8.89. The topological polar surface area (TPSA) is 100 Å². The van der Waals surface area contributed by atoms with Crippen LogP contribution in [0.15, 0.2) is 18.3 Å². The summed E-state index contributed by atoms with van der Waals surface area (Å²) in [7, 11) is 1.93. The van der Waals surface area contributed by atoms with Crippen molar-refractivity contribution in [1.29, 1.82) is 0 Å². The number of likely N-dealkylation sites (N-methyl/N-ethyl adjacent to an activating group) is 1. The van der Waals surface area contributed by atoms with Crippen LogP contribution in [0.5, 0.6) is 0 Å². The fraction of sp³-hybridized carbons (Fsp3) is 0.682. The van der Waals surface area contributed by atoms with Crippen LogP contribution in [-0.2, 0) is 16.1 Å². The lowest BCUT2D eigenvalue weighted by Crippen LogP contribution is -2.53. The largest absolute Gasteiger partial charge is 0.384 e. The second kappa shape index (κ2) is 11.1. The van der Waals surface area contributed by atoms with E-state index in [0.29, 0.717) is 24.7 Å². The van der Waals surface area contributed by atoms with Gasteiger partial charge in [-0.15, -0.1) is 0 Å². The minimum Gasteiger partial charge on any atom is -0.384 e. The molecular formula is C22H37N5O2. The second-order valence-electron chi connectivity index (χ2n) is 8.55. The van der Waals surface area contributed by atoms with E-state index in [-0.39, 0.29) is 23.9 Å². The van der Waals surface area contributed by atoms with Gasteiger partial charge in [0.2, 0.25) is 11.8 Å². The normalized spacial score (nSPS) is 17.2. The van der Waals surface area contributed by atoms with Crippen LogP contribution < -0.4 is 16.4 Å². The monoisotopic (exact) mass is 403 g/mol. The highest BCUT2D eigenvalue weighted by Crippen LogP contribution is 2.27. The van der Waals surface area contributed by atoms with Crippen molar-refractivity contribution in [3.8, 4) is 0 Å². The van der Waals surface area contributed by atoms with E-state index in [2.05, 4.69) is 29.5 Å². The zero-order chi connectivity index (χ0) is 21.4. The van der Waals surface area contributed by atoms with Gasteiger partial charge in [0, 0.05) is 18.8 Å². The summed E-state index contributed by atoms with van der Waals surface area (Å²) < 4.78 is 0. The van der Waals surface area contributed by atoms with Crippen LogP contribution in [0.3, 0.4) is 0 Å². The highest BCUT2D eigenvalue weighted by molar-refractivity contribution is 5.89. The van der Waals surface area contributed by atoms with Gasteiger partial charge in [0.1, 0.15) is 11.9 Å². The number of hydrogen-bond donors (Lipinski definition) is 3. The zero-order valence-corrected chi connectivity index (χ0v) is 18.3. The molecule has 162 valence electrons. The first-order valence-electron chi connectivity index (χ1n) is 10.8. The van der Waals surface area contributed by atoms with Gasteiger partial charge >= 0.3 is 0 Å². The lowest BCUT2D eigenvalue weighted by molar-refractivity contribution is -0.132. The van der Waals surface area contributed by atoms with Gasteiger partial charge in [-0.05, 0) is 51.8 Å². The van der Waals surface area contributed by atoms with E-state index in [0.717, 1.165) is 18.4 Å². The van der Waals surface area contributed by atoms with E-state index >= 15 is 0 Å². The van der Waals surface area contributed by atoms with Gasteiger partial charge in [0.05, 0.1) is 6.04 Å². The molecule has 29 heavy (non-hydrogen) atoms. The first-order valence-corrected chi connectivity index (χ1v) is 10.8. The van der Waals surface area contributed by atoms with Crippen molar-refractivity contribution in [2.75, 3.05) is 12.8 Å². The molecule has 2 atom stereocenters. The maximum atomic E-state index is 12.9. The standard InChI is InChI=1S/C22H37N5O2/c1-15(2)27(4)16(3)21(28)26-19(12-17-8-6-5-7-9-17)22(29)25-14-18-10-11-20(23)24-13-18/h10-11,13,15-17,19H,5-9,12,14H2,1-4H3,(H2,23,24)(H,25,29)(H,26,28)/t16-,19-/m0/s1. The van der Waals surface area contributed by atoms with Crippen molar-refractivity contribution >= 4 is 17.6 Å². The maximum absolute atomic E-state index is 12.9. The quantitative estimate of drug-likeness (QED) is 0.588. The summed E-state index contributed by atoms with van der Waals surface area (Å²) in [6, 6.07) is 3.00. The van der Waals surface area contributed by atoms with Crippen LogP contribution in [-0.4, -0.2) is 46.9 Å². The molecule has 1 fully saturated rings. The van der Waals surface area contributed by atoms with Gasteiger partial charge in [-0.1, -0.05) is 38.2 Å². The van der Waals surface area contributed by atoms with Crippen LogP contribution in [0.1, 0.15) is 64.9 Å². The lowest BCUT2D eigenvalue weighted by atomic mass is 9.84. The van der Waals surface area contributed by atoms with Gasteiger partial charge < -0.3 is 16.4 Å². The van der Waals surface area contributed by atoms with Crippen molar-refractivity contribution in [2.45, 2.75) is 84.0 Å². The maximum Gasteiger partial charge on any atom is 0.242 e. The number of aromatic nitrogens is 1. The van der Waals surface area contributed by atoms with Crippen LogP contribution in [0, 0.1) is 5.92 Å². The molecule has 1 heterocycles. The summed E-state index contributed by atoms with van der Waals surface area (Å²) in [6.45, 7) is 6.35. The molecule has 7 nitrogen and oxygen atoms in total. The molecule has 1 aliphatic rings. The lowest BCUT2D eigenvalue weighted by Gasteiger charge is -2.31. The molecule has 0 saturated heterocycles. The number of nitrogens with two attached hydrogens (primary N) is 1. The average Bonchev–Trinajstić information content (AvgIpc) is 2.72. The van der Waals surface area contributed by atoms with Crippen LogP contribution in [0.25, 0.3) is 0 Å². The molecule has 4 N–H and O–H groups in total. The Bertz CT molecular complexity index is 656. The van der Waals surface area contributed by atoms with Crippen LogP contribution in [0.2, 0.25) is 0 Å². The molecule has 1 aromatic rings. The molecular weight excluding hydrogens is 366 g/mol. The van der Waals surface area contributed by atoms with Crippen molar-refractivity contribution in [3.63, 3.8) is 0 Å². The molecule has 1 aromatic heterocycles. The molecule has 2 amide bonds. The number of amides is 2. The number of nitrogen functional groups attached to an aromatic ring is 1. The smallest absolute Gasteiger partial charge is 0.242 e. The van der Waals surface area contributed by atoms with E-state index in [1.54, 1.807) is 12.3 Å². The van der Waals surface area contributed by atoms with Crippen molar-refractivity contribution in [3.05, 3.63) is 23.9 Å². The van der Waals surface area contributed by atoms with Crippen LogP contribution >= 0.6 is 0 Å². The molecule has 0 radical (unpaired) electrons. The van der Waals surface area contributed by atoms with Gasteiger partial charge in [-0.2, -0.15) is 0 Å². The van der Waals surface area contributed by atoms with E-state index in [9.17, 15) is 9.59 Å². The SMILES string of the molecule is CC(C)N(C)[C@@H](C)C(=O)N[C@@H](CC1CCCCC1)C(=O)NCc1ccc(N)nc1. The molecule has 1 saturated carbocycles. The molecule has 0 bridgehead atoms. The van der Waals surface area contributed by atoms with Gasteiger partial charge in [-0.3, -0.25) is 14.5 Å². The highest BCUT2D eigenvalue weighted by atomic mass is 16.2. The molecule has 0 spiro atoms. The number of pyridine rings is 1. The molecule has 0 aromatic carbocycles. The van der Waals surface area contributed by atoms with Gasteiger partial charge in [0.25, 0.3) is 0 Å². The van der Waals surface area contributed by atoms with Gasteiger partial charge in [-0.25, -0.2) is 4.98 Å². The van der Waals surface area contributed by atoms with E-state index in [1.165, 1.54) is 19.3 Å². The Morgan fingerprint density at radius 1 is 1.17 bits per heavy atom. The minimum absolute atomic E-state index is 0.105. The Morgan fingerprint density at radius 3 is 2.45 bits per heavy atom. The summed E-state index contributed by atoms with van der Waals surface area (Å²) in [5, 5.41) is 5.97. The predicted octanol–water partition coefficient (Wildman–Crippen LogP) is 2.46. The summed E-state index contributed by atoms with van der Waals surface area (Å²) in [5.41, 5.74) is 6.49. The van der Waals surface area contributed by atoms with Gasteiger partial charge in [0.15, 0.2) is 0 Å². The number of carbonyl (C=O) groups is 2. The summed E-state index contributed by atoms with van der Waals surface area (Å²) in [4.78, 5) is 31.8. The fourth-order valence-electron chi connectivity index (χ4n) is 3.77. The third-order valence-electron chi connectivity index (χ3n) is 6.05. The first-order chi connectivity index (χ1) is 13.8. The fourth-order valence-corrected chi connectivity index (χ4v) is 3.77. The summed E-state index contributed by atoms with van der Waals surface area (Å²) in [6.07, 6.45) is 8.28. The number of nitrogens with zero attached hydrogens (tertiary/aromatic N) is 2. The number of carbonyl (C=O) groups excluding carboxylic acids is 2. The Labute approximate surface area is 174 Å². The first kappa shape index (κ1) is 23.1. The molecule has 2 rings (SSSR count). The number of hydrogen-bond acceptors (Lipinski definition) is 5. The molecule has 7 heteroatoms. The molecule has 1 aliphatic carbocycles. The van der Waals surface area contributed by atoms with E-state index in [1.807, 2.05) is 24.9 Å².